The topological polar surface area (TPSA) is 122 Å². The summed E-state index contributed by atoms with van der Waals surface area (Å²) >= 11 is 0. The molecule has 0 bridgehead atoms. The molecule has 150 valence electrons. The highest BCUT2D eigenvalue weighted by Gasteiger charge is 2.26. The van der Waals surface area contributed by atoms with Crippen LogP contribution in [0.5, 0.6) is 0 Å². The Balaban J connectivity index is 2.23. The van der Waals surface area contributed by atoms with Crippen molar-refractivity contribution in [3.63, 3.8) is 0 Å². The number of esters is 1. The fourth-order valence-corrected chi connectivity index (χ4v) is 2.98. The van der Waals surface area contributed by atoms with E-state index in [-0.39, 0.29) is 45.1 Å². The molecule has 0 aliphatic carbocycles. The Bertz CT molecular complexity index is 620. The number of rotatable bonds is 6. The van der Waals surface area contributed by atoms with Gasteiger partial charge in [-0.15, -0.1) is 0 Å². The van der Waals surface area contributed by atoms with E-state index in [4.69, 9.17) is 9.47 Å². The van der Waals surface area contributed by atoms with Crippen molar-refractivity contribution in [2.75, 3.05) is 45.6 Å². The average molecular weight is 393 g/mol. The zero-order valence-corrected chi connectivity index (χ0v) is 16.4. The Labute approximate surface area is 153 Å². The van der Waals surface area contributed by atoms with Crippen LogP contribution in [0.25, 0.3) is 0 Å². The molecular weight excluding hydrogens is 366 g/mol. The molecule has 0 saturated carbocycles. The standard InChI is InChI=1S/C15H27N3O7S/c1-15(2,3)25-14(21)16-6-5-13(20)24-11-12(19)17-7-9-18(10-8-17)26(4,22)23/h5-11H2,1-4H3,(H,16,21). The second-order valence-corrected chi connectivity index (χ2v) is 8.86. The molecule has 1 fully saturated rings. The zero-order chi connectivity index (χ0) is 20.0. The van der Waals surface area contributed by atoms with Gasteiger partial charge < -0.3 is 19.7 Å². The van der Waals surface area contributed by atoms with Crippen molar-refractivity contribution in [1.29, 1.82) is 0 Å². The van der Waals surface area contributed by atoms with Crippen molar-refractivity contribution < 1.29 is 32.3 Å². The number of carbonyl (C=O) groups excluding carboxylic acids is 3. The van der Waals surface area contributed by atoms with E-state index < -0.39 is 34.3 Å². The molecule has 0 radical (unpaired) electrons. The minimum atomic E-state index is -3.26. The Hall–Kier alpha value is -1.88. The summed E-state index contributed by atoms with van der Waals surface area (Å²) in [6, 6.07) is 0. The van der Waals surface area contributed by atoms with Crippen LogP contribution in [0.3, 0.4) is 0 Å². The molecule has 2 amide bonds. The van der Waals surface area contributed by atoms with E-state index in [2.05, 4.69) is 5.32 Å². The molecule has 0 aromatic heterocycles. The van der Waals surface area contributed by atoms with E-state index in [1.807, 2.05) is 0 Å². The SMILES string of the molecule is CC(C)(C)OC(=O)NCCC(=O)OCC(=O)N1CCN(S(C)(=O)=O)CC1. The monoisotopic (exact) mass is 393 g/mol. The van der Waals surface area contributed by atoms with Crippen molar-refractivity contribution in [1.82, 2.24) is 14.5 Å². The minimum Gasteiger partial charge on any atom is -0.456 e. The van der Waals surface area contributed by atoms with E-state index in [1.54, 1.807) is 20.8 Å². The van der Waals surface area contributed by atoms with Gasteiger partial charge in [0.1, 0.15) is 5.60 Å². The highest BCUT2D eigenvalue weighted by Crippen LogP contribution is 2.07. The Morgan fingerprint density at radius 1 is 1.08 bits per heavy atom. The summed E-state index contributed by atoms with van der Waals surface area (Å²) in [5, 5.41) is 2.42. The molecule has 1 aliphatic heterocycles. The number of hydrogen-bond acceptors (Lipinski definition) is 7. The number of piperazine rings is 1. The summed E-state index contributed by atoms with van der Waals surface area (Å²) in [5.74, 6) is -1.00. The largest absolute Gasteiger partial charge is 0.456 e. The molecule has 1 saturated heterocycles. The van der Waals surface area contributed by atoms with Gasteiger partial charge in [0, 0.05) is 32.7 Å². The smallest absolute Gasteiger partial charge is 0.407 e. The lowest BCUT2D eigenvalue weighted by Crippen LogP contribution is -2.51. The van der Waals surface area contributed by atoms with E-state index in [0.717, 1.165) is 6.26 Å². The van der Waals surface area contributed by atoms with Gasteiger partial charge in [0.2, 0.25) is 10.0 Å². The first-order chi connectivity index (χ1) is 11.9. The predicted octanol–water partition coefficient (Wildman–Crippen LogP) is -0.452. The quantitative estimate of drug-likeness (QED) is 0.606. The van der Waals surface area contributed by atoms with E-state index in [1.165, 1.54) is 9.21 Å². The Morgan fingerprint density at radius 2 is 1.65 bits per heavy atom. The van der Waals surface area contributed by atoms with Gasteiger partial charge in [0.25, 0.3) is 5.91 Å². The number of nitrogens with one attached hydrogen (secondary N) is 1. The number of hydrogen-bond donors (Lipinski definition) is 1. The third-order valence-electron chi connectivity index (χ3n) is 3.41. The summed E-state index contributed by atoms with van der Waals surface area (Å²) in [6.07, 6.45) is 0.400. The lowest BCUT2D eigenvalue weighted by molar-refractivity contribution is -0.152. The van der Waals surface area contributed by atoms with Crippen LogP contribution in [-0.2, 0) is 29.1 Å². The number of nitrogens with zero attached hydrogens (tertiary/aromatic N) is 2. The van der Waals surface area contributed by atoms with Crippen LogP contribution in [0.4, 0.5) is 4.79 Å². The van der Waals surface area contributed by atoms with Gasteiger partial charge in [-0.3, -0.25) is 9.59 Å². The van der Waals surface area contributed by atoms with Crippen molar-refractivity contribution in [3.8, 4) is 0 Å². The summed E-state index contributed by atoms with van der Waals surface area (Å²) in [5.41, 5.74) is -0.627. The van der Waals surface area contributed by atoms with E-state index in [9.17, 15) is 22.8 Å². The molecule has 0 spiro atoms. The maximum atomic E-state index is 12.0. The highest BCUT2D eigenvalue weighted by molar-refractivity contribution is 7.88. The molecule has 0 atom stereocenters. The number of ether oxygens (including phenoxy) is 2. The lowest BCUT2D eigenvalue weighted by Gasteiger charge is -2.33. The molecular formula is C15H27N3O7S. The van der Waals surface area contributed by atoms with Crippen molar-refractivity contribution in [3.05, 3.63) is 0 Å². The fourth-order valence-electron chi connectivity index (χ4n) is 2.16. The maximum absolute atomic E-state index is 12.0. The summed E-state index contributed by atoms with van der Waals surface area (Å²) < 4.78 is 34.0. The van der Waals surface area contributed by atoms with Gasteiger partial charge in [0.15, 0.2) is 6.61 Å². The van der Waals surface area contributed by atoms with Crippen molar-refractivity contribution in [2.45, 2.75) is 32.8 Å². The molecule has 0 aromatic rings. The van der Waals surface area contributed by atoms with Crippen molar-refractivity contribution >= 4 is 28.0 Å². The number of carbonyl (C=O) groups is 3. The van der Waals surface area contributed by atoms with Crippen LogP contribution >= 0.6 is 0 Å². The van der Waals surface area contributed by atoms with E-state index >= 15 is 0 Å². The Morgan fingerprint density at radius 3 is 2.15 bits per heavy atom. The minimum absolute atomic E-state index is 0.0367. The molecule has 1 N–H and O–H groups in total. The van der Waals surface area contributed by atoms with Gasteiger partial charge >= 0.3 is 12.1 Å². The zero-order valence-electron chi connectivity index (χ0n) is 15.6. The second kappa shape index (κ2) is 9.17. The fraction of sp³-hybridized carbons (Fsp3) is 0.800. The molecule has 1 aliphatic rings. The molecule has 1 rings (SSSR count). The number of alkyl carbamates (subject to hydrolysis) is 1. The van der Waals surface area contributed by atoms with Gasteiger partial charge in [-0.1, -0.05) is 0 Å². The maximum Gasteiger partial charge on any atom is 0.407 e. The first-order valence-electron chi connectivity index (χ1n) is 8.24. The van der Waals surface area contributed by atoms with Crippen molar-refractivity contribution in [2.24, 2.45) is 0 Å². The van der Waals surface area contributed by atoms with Gasteiger partial charge in [-0.05, 0) is 20.8 Å². The van der Waals surface area contributed by atoms with Gasteiger partial charge in [0.05, 0.1) is 12.7 Å². The average Bonchev–Trinajstić information content (AvgIpc) is 2.50. The number of amides is 2. The van der Waals surface area contributed by atoms with Gasteiger partial charge in [-0.25, -0.2) is 13.2 Å². The summed E-state index contributed by atoms with van der Waals surface area (Å²) in [7, 11) is -3.26. The molecule has 0 aromatic carbocycles. The molecule has 26 heavy (non-hydrogen) atoms. The molecule has 0 unspecified atom stereocenters. The summed E-state index contributed by atoms with van der Waals surface area (Å²) in [4.78, 5) is 36.5. The predicted molar refractivity (Wildman–Crippen MR) is 92.8 cm³/mol. The Kier molecular flexibility index (Phi) is 7.82. The van der Waals surface area contributed by atoms with E-state index in [0.29, 0.717) is 0 Å². The second-order valence-electron chi connectivity index (χ2n) is 6.88. The molecule has 11 heteroatoms. The van der Waals surface area contributed by atoms with Crippen LogP contribution < -0.4 is 5.32 Å². The third-order valence-corrected chi connectivity index (χ3v) is 4.72. The first-order valence-corrected chi connectivity index (χ1v) is 10.1. The molecule has 1 heterocycles. The van der Waals surface area contributed by atoms with Crippen LogP contribution in [0.15, 0.2) is 0 Å². The first kappa shape index (κ1) is 22.2. The summed E-state index contributed by atoms with van der Waals surface area (Å²) in [6.45, 7) is 5.75. The van der Waals surface area contributed by atoms with Gasteiger partial charge in [-0.2, -0.15) is 4.31 Å². The normalized spacial score (nSPS) is 16.1. The highest BCUT2D eigenvalue weighted by atomic mass is 32.2. The van der Waals surface area contributed by atoms with Crippen LogP contribution in [-0.4, -0.2) is 86.8 Å². The number of sulfonamides is 1. The van der Waals surface area contributed by atoms with Crippen LogP contribution in [0.1, 0.15) is 27.2 Å². The lowest BCUT2D eigenvalue weighted by atomic mass is 10.2. The van der Waals surface area contributed by atoms with Crippen LogP contribution in [0.2, 0.25) is 0 Å². The molecule has 10 nitrogen and oxygen atoms in total. The van der Waals surface area contributed by atoms with Crippen LogP contribution in [0, 0.1) is 0 Å². The third kappa shape index (κ3) is 8.48.